The van der Waals surface area contributed by atoms with E-state index in [1.165, 1.54) is 0 Å². The van der Waals surface area contributed by atoms with Gasteiger partial charge in [-0.3, -0.25) is 0 Å². The Morgan fingerprint density at radius 3 is 3.12 bits per heavy atom. The zero-order chi connectivity index (χ0) is 12.1. The summed E-state index contributed by atoms with van der Waals surface area (Å²) in [6.07, 6.45) is 4.24. The molecule has 1 fully saturated rings. The molecule has 1 unspecified atom stereocenters. The van der Waals surface area contributed by atoms with Gasteiger partial charge in [-0.2, -0.15) is 0 Å². The van der Waals surface area contributed by atoms with Crippen molar-refractivity contribution in [3.05, 3.63) is 18.1 Å². The van der Waals surface area contributed by atoms with Crippen molar-refractivity contribution >= 4 is 5.82 Å². The molecule has 1 aliphatic rings. The molecule has 0 aromatic carbocycles. The second kappa shape index (κ2) is 5.42. The highest BCUT2D eigenvalue weighted by Crippen LogP contribution is 2.18. The van der Waals surface area contributed by atoms with Gasteiger partial charge in [-0.15, -0.1) is 0 Å². The van der Waals surface area contributed by atoms with Crippen LogP contribution in [0.2, 0.25) is 0 Å². The Labute approximate surface area is 101 Å². The van der Waals surface area contributed by atoms with Gasteiger partial charge in [-0.1, -0.05) is 13.3 Å². The Balaban J connectivity index is 1.91. The molecule has 0 radical (unpaired) electrons. The molecule has 0 aliphatic carbocycles. The van der Waals surface area contributed by atoms with Gasteiger partial charge in [-0.25, -0.2) is 9.97 Å². The van der Waals surface area contributed by atoms with Crippen molar-refractivity contribution < 1.29 is 9.84 Å². The van der Waals surface area contributed by atoms with Crippen LogP contribution in [0.5, 0.6) is 0 Å². The van der Waals surface area contributed by atoms with Crippen LogP contribution in [0.4, 0.5) is 5.82 Å². The fourth-order valence-corrected chi connectivity index (χ4v) is 1.88. The summed E-state index contributed by atoms with van der Waals surface area (Å²) in [7, 11) is 0. The molecule has 1 saturated heterocycles. The molecule has 0 amide bonds. The summed E-state index contributed by atoms with van der Waals surface area (Å²) < 4.78 is 5.19. The van der Waals surface area contributed by atoms with Gasteiger partial charge in [0.05, 0.1) is 6.61 Å². The number of hydrogen-bond donors (Lipinski definition) is 2. The second-order valence-corrected chi connectivity index (χ2v) is 4.53. The molecule has 5 heteroatoms. The van der Waals surface area contributed by atoms with Crippen molar-refractivity contribution in [3.8, 4) is 0 Å². The van der Waals surface area contributed by atoms with E-state index >= 15 is 0 Å². The molecule has 0 bridgehead atoms. The molecule has 2 heterocycles. The zero-order valence-corrected chi connectivity index (χ0v) is 10.1. The number of rotatable bonds is 5. The van der Waals surface area contributed by atoms with Crippen molar-refractivity contribution in [1.82, 2.24) is 9.97 Å². The van der Waals surface area contributed by atoms with Gasteiger partial charge in [-0.05, 0) is 6.42 Å². The number of nitrogens with one attached hydrogen (secondary N) is 1. The van der Waals surface area contributed by atoms with E-state index in [1.54, 1.807) is 6.33 Å². The van der Waals surface area contributed by atoms with Gasteiger partial charge in [0, 0.05) is 31.3 Å². The molecular weight excluding hydrogens is 218 g/mol. The zero-order valence-electron chi connectivity index (χ0n) is 10.1. The van der Waals surface area contributed by atoms with Crippen LogP contribution in [-0.2, 0) is 11.2 Å². The SMILES string of the molecule is CCCc1cc(NCC2(O)CCOC2)ncn1. The second-order valence-electron chi connectivity index (χ2n) is 4.53. The number of ether oxygens (including phenoxy) is 1. The summed E-state index contributed by atoms with van der Waals surface area (Å²) in [4.78, 5) is 8.33. The fraction of sp³-hybridized carbons (Fsp3) is 0.667. The number of anilines is 1. The maximum atomic E-state index is 10.1. The summed E-state index contributed by atoms with van der Waals surface area (Å²) in [6.45, 7) is 3.61. The van der Waals surface area contributed by atoms with Crippen LogP contribution in [0.15, 0.2) is 12.4 Å². The first-order chi connectivity index (χ1) is 8.22. The van der Waals surface area contributed by atoms with Crippen LogP contribution < -0.4 is 5.32 Å². The Morgan fingerprint density at radius 2 is 2.41 bits per heavy atom. The summed E-state index contributed by atoms with van der Waals surface area (Å²) in [5.74, 6) is 0.767. The normalized spacial score (nSPS) is 23.9. The summed E-state index contributed by atoms with van der Waals surface area (Å²) in [5.41, 5.74) is 0.273. The first-order valence-electron chi connectivity index (χ1n) is 6.07. The summed E-state index contributed by atoms with van der Waals surface area (Å²) in [6, 6.07) is 1.93. The van der Waals surface area contributed by atoms with Gasteiger partial charge in [0.1, 0.15) is 17.7 Å². The minimum Gasteiger partial charge on any atom is -0.386 e. The topological polar surface area (TPSA) is 67.3 Å². The predicted molar refractivity (Wildman–Crippen MR) is 64.9 cm³/mol. The lowest BCUT2D eigenvalue weighted by molar-refractivity contribution is 0.0381. The number of aromatic nitrogens is 2. The van der Waals surface area contributed by atoms with Crippen LogP contribution in [0, 0.1) is 0 Å². The van der Waals surface area contributed by atoms with Gasteiger partial charge in [0.25, 0.3) is 0 Å². The van der Waals surface area contributed by atoms with Gasteiger partial charge in [0.15, 0.2) is 0 Å². The van der Waals surface area contributed by atoms with Crippen LogP contribution in [0.1, 0.15) is 25.5 Å². The highest BCUT2D eigenvalue weighted by atomic mass is 16.5. The molecule has 2 N–H and O–H groups in total. The summed E-state index contributed by atoms with van der Waals surface area (Å²) >= 11 is 0. The highest BCUT2D eigenvalue weighted by Gasteiger charge is 2.31. The average Bonchev–Trinajstić information content (AvgIpc) is 2.76. The van der Waals surface area contributed by atoms with Crippen LogP contribution in [0.25, 0.3) is 0 Å². The van der Waals surface area contributed by atoms with Crippen LogP contribution >= 0.6 is 0 Å². The van der Waals surface area contributed by atoms with E-state index in [-0.39, 0.29) is 0 Å². The number of aryl methyl sites for hydroxylation is 1. The monoisotopic (exact) mass is 237 g/mol. The standard InChI is InChI=1S/C12H19N3O2/c1-2-3-10-6-11(15-9-14-10)13-7-12(16)4-5-17-8-12/h6,9,16H,2-5,7-8H2,1H3,(H,13,14,15). The smallest absolute Gasteiger partial charge is 0.129 e. The van der Waals surface area contributed by atoms with Crippen molar-refractivity contribution in [1.29, 1.82) is 0 Å². The predicted octanol–water partition coefficient (Wildman–Crippen LogP) is 0.992. The first kappa shape index (κ1) is 12.3. The molecule has 1 atom stereocenters. The molecule has 5 nitrogen and oxygen atoms in total. The van der Waals surface area contributed by atoms with E-state index in [2.05, 4.69) is 22.2 Å². The quantitative estimate of drug-likeness (QED) is 0.799. The van der Waals surface area contributed by atoms with Crippen molar-refractivity contribution in [2.45, 2.75) is 31.8 Å². The molecular formula is C12H19N3O2. The molecule has 2 rings (SSSR count). The molecule has 1 aliphatic heterocycles. The maximum absolute atomic E-state index is 10.1. The minimum atomic E-state index is -0.754. The molecule has 94 valence electrons. The summed E-state index contributed by atoms with van der Waals surface area (Å²) in [5, 5.41) is 13.2. The number of aliphatic hydroxyl groups is 1. The molecule has 17 heavy (non-hydrogen) atoms. The molecule has 1 aromatic rings. The Hall–Kier alpha value is -1.20. The lowest BCUT2D eigenvalue weighted by Gasteiger charge is -2.20. The largest absolute Gasteiger partial charge is 0.386 e. The maximum Gasteiger partial charge on any atom is 0.129 e. The van der Waals surface area contributed by atoms with Gasteiger partial charge in [0.2, 0.25) is 0 Å². The van der Waals surface area contributed by atoms with Crippen LogP contribution in [-0.4, -0.2) is 40.4 Å². The van der Waals surface area contributed by atoms with E-state index in [4.69, 9.17) is 4.74 Å². The van der Waals surface area contributed by atoms with Crippen LogP contribution in [0.3, 0.4) is 0 Å². The van der Waals surface area contributed by atoms with Crippen molar-refractivity contribution in [3.63, 3.8) is 0 Å². The highest BCUT2D eigenvalue weighted by molar-refractivity contribution is 5.35. The van der Waals surface area contributed by atoms with E-state index in [1.807, 2.05) is 6.07 Å². The van der Waals surface area contributed by atoms with Crippen molar-refractivity contribution in [2.75, 3.05) is 25.1 Å². The number of hydrogen-bond acceptors (Lipinski definition) is 5. The van der Waals surface area contributed by atoms with Crippen molar-refractivity contribution in [2.24, 2.45) is 0 Å². The average molecular weight is 237 g/mol. The Kier molecular flexibility index (Phi) is 3.91. The third kappa shape index (κ3) is 3.38. The fourth-order valence-electron chi connectivity index (χ4n) is 1.88. The number of nitrogens with zero attached hydrogens (tertiary/aromatic N) is 2. The lowest BCUT2D eigenvalue weighted by atomic mass is 10.0. The Morgan fingerprint density at radius 1 is 1.53 bits per heavy atom. The first-order valence-corrected chi connectivity index (χ1v) is 6.07. The van der Waals surface area contributed by atoms with E-state index in [9.17, 15) is 5.11 Å². The Bertz CT molecular complexity index is 365. The molecule has 0 spiro atoms. The van der Waals surface area contributed by atoms with Gasteiger partial charge >= 0.3 is 0 Å². The molecule has 1 aromatic heterocycles. The lowest BCUT2D eigenvalue weighted by Crippen LogP contribution is -2.37. The van der Waals surface area contributed by atoms with E-state index in [0.717, 1.165) is 24.4 Å². The van der Waals surface area contributed by atoms with E-state index in [0.29, 0.717) is 26.2 Å². The van der Waals surface area contributed by atoms with E-state index < -0.39 is 5.60 Å². The van der Waals surface area contributed by atoms with Gasteiger partial charge < -0.3 is 15.2 Å². The third-order valence-electron chi connectivity index (χ3n) is 2.91. The third-order valence-corrected chi connectivity index (χ3v) is 2.91. The molecule has 0 saturated carbocycles. The minimum absolute atomic E-state index is 0.396.